The Kier molecular flexibility index (Phi) is 7.07. The molecule has 1 aromatic heterocycles. The Hall–Kier alpha value is -4.17. The molecule has 1 atom stereocenters. The van der Waals surface area contributed by atoms with E-state index in [2.05, 4.69) is 4.98 Å². The highest BCUT2D eigenvalue weighted by Gasteiger charge is 2.47. The van der Waals surface area contributed by atoms with Gasteiger partial charge in [-0.3, -0.25) is 19.5 Å². The van der Waals surface area contributed by atoms with Crippen LogP contribution in [0, 0.1) is 0 Å². The summed E-state index contributed by atoms with van der Waals surface area (Å²) in [5, 5.41) is 11.6. The molecule has 1 amide bonds. The van der Waals surface area contributed by atoms with Crippen LogP contribution < -0.4 is 9.64 Å². The molecular formula is C27H23ClN2O6. The number of pyridine rings is 1. The maximum absolute atomic E-state index is 13.4. The average molecular weight is 507 g/mol. The van der Waals surface area contributed by atoms with Crippen molar-refractivity contribution in [2.75, 3.05) is 12.0 Å². The zero-order valence-corrected chi connectivity index (χ0v) is 20.5. The number of methoxy groups -OCH3 is 1. The molecule has 0 aliphatic carbocycles. The summed E-state index contributed by atoms with van der Waals surface area (Å²) in [6, 6.07) is 13.1. The molecule has 1 fully saturated rings. The minimum absolute atomic E-state index is 0.151. The van der Waals surface area contributed by atoms with Gasteiger partial charge in [0.25, 0.3) is 11.7 Å². The first kappa shape index (κ1) is 24.9. The summed E-state index contributed by atoms with van der Waals surface area (Å²) < 4.78 is 10.6. The number of aliphatic hydroxyl groups is 1. The van der Waals surface area contributed by atoms with Crippen LogP contribution in [0.25, 0.3) is 5.76 Å². The lowest BCUT2D eigenvalue weighted by Crippen LogP contribution is -2.29. The topological polar surface area (TPSA) is 106 Å². The molecule has 9 heteroatoms. The maximum atomic E-state index is 13.4. The number of nitrogens with zero attached hydrogens (tertiary/aromatic N) is 2. The van der Waals surface area contributed by atoms with Gasteiger partial charge in [0, 0.05) is 23.1 Å². The number of hydrogen-bond acceptors (Lipinski definition) is 7. The third-order valence-corrected chi connectivity index (χ3v) is 5.82. The number of carbonyl (C=O) groups excluding carboxylic acids is 3. The van der Waals surface area contributed by atoms with Crippen LogP contribution in [0.15, 0.2) is 72.6 Å². The Balaban J connectivity index is 1.92. The Morgan fingerprint density at radius 1 is 1.08 bits per heavy atom. The highest BCUT2D eigenvalue weighted by molar-refractivity contribution is 6.51. The number of ketones is 1. The van der Waals surface area contributed by atoms with E-state index in [0.29, 0.717) is 10.6 Å². The van der Waals surface area contributed by atoms with Gasteiger partial charge in [-0.05, 0) is 67.9 Å². The first-order valence-electron chi connectivity index (χ1n) is 11.1. The van der Waals surface area contributed by atoms with Gasteiger partial charge in [-0.25, -0.2) is 4.79 Å². The van der Waals surface area contributed by atoms with Crippen molar-refractivity contribution in [2.24, 2.45) is 0 Å². The molecule has 2 aromatic carbocycles. The molecule has 8 nitrogen and oxygen atoms in total. The summed E-state index contributed by atoms with van der Waals surface area (Å²) in [7, 11) is 1.42. The highest BCUT2D eigenvalue weighted by Crippen LogP contribution is 2.43. The smallest absolute Gasteiger partial charge is 0.338 e. The van der Waals surface area contributed by atoms with Crippen molar-refractivity contribution >= 4 is 40.7 Å². The fraction of sp³-hybridized carbons (Fsp3) is 0.185. The minimum Gasteiger partial charge on any atom is -0.507 e. The van der Waals surface area contributed by atoms with Crippen molar-refractivity contribution in [3.8, 4) is 5.75 Å². The number of amides is 1. The van der Waals surface area contributed by atoms with Gasteiger partial charge >= 0.3 is 5.97 Å². The first-order chi connectivity index (χ1) is 17.2. The Labute approximate surface area is 212 Å². The molecule has 0 radical (unpaired) electrons. The fourth-order valence-electron chi connectivity index (χ4n) is 4.04. The second-order valence-corrected chi connectivity index (χ2v) is 8.74. The van der Waals surface area contributed by atoms with Crippen LogP contribution in [0.4, 0.5) is 5.69 Å². The van der Waals surface area contributed by atoms with Crippen LogP contribution in [0.2, 0.25) is 5.02 Å². The zero-order chi connectivity index (χ0) is 26.0. The summed E-state index contributed by atoms with van der Waals surface area (Å²) in [5.74, 6) is -2.49. The Morgan fingerprint density at radius 3 is 2.47 bits per heavy atom. The van der Waals surface area contributed by atoms with Crippen LogP contribution in [0.3, 0.4) is 0 Å². The number of carbonyl (C=O) groups is 3. The number of aliphatic hydroxyl groups excluding tert-OH is 1. The average Bonchev–Trinajstić information content (AvgIpc) is 3.14. The quantitative estimate of drug-likeness (QED) is 0.218. The molecule has 0 saturated carbocycles. The van der Waals surface area contributed by atoms with Crippen molar-refractivity contribution < 1.29 is 29.0 Å². The number of aromatic nitrogens is 1. The molecule has 1 saturated heterocycles. The molecule has 1 N–H and O–H groups in total. The van der Waals surface area contributed by atoms with Crippen LogP contribution >= 0.6 is 11.6 Å². The normalized spacial score (nSPS) is 16.9. The van der Waals surface area contributed by atoms with E-state index < -0.39 is 29.5 Å². The van der Waals surface area contributed by atoms with E-state index >= 15 is 0 Å². The predicted molar refractivity (Wildman–Crippen MR) is 134 cm³/mol. The second kappa shape index (κ2) is 10.2. The maximum Gasteiger partial charge on any atom is 0.338 e. The number of esters is 1. The van der Waals surface area contributed by atoms with Gasteiger partial charge in [0.2, 0.25) is 0 Å². The van der Waals surface area contributed by atoms with E-state index in [1.165, 1.54) is 36.5 Å². The molecule has 0 spiro atoms. The number of benzene rings is 2. The van der Waals surface area contributed by atoms with Gasteiger partial charge < -0.3 is 14.6 Å². The number of anilines is 1. The fourth-order valence-corrected chi connectivity index (χ4v) is 4.21. The van der Waals surface area contributed by atoms with E-state index in [9.17, 15) is 19.5 Å². The van der Waals surface area contributed by atoms with Gasteiger partial charge in [0.1, 0.15) is 11.5 Å². The predicted octanol–water partition coefficient (Wildman–Crippen LogP) is 4.94. The second-order valence-electron chi connectivity index (χ2n) is 8.30. The number of hydrogen-bond donors (Lipinski definition) is 1. The third kappa shape index (κ3) is 4.67. The van der Waals surface area contributed by atoms with Crippen molar-refractivity contribution in [1.29, 1.82) is 0 Å². The molecule has 1 unspecified atom stereocenters. The first-order valence-corrected chi connectivity index (χ1v) is 11.5. The Bertz CT molecular complexity index is 1370. The van der Waals surface area contributed by atoms with Crippen molar-refractivity contribution in [2.45, 2.75) is 26.0 Å². The lowest BCUT2D eigenvalue weighted by molar-refractivity contribution is -0.132. The lowest BCUT2D eigenvalue weighted by Gasteiger charge is -2.25. The van der Waals surface area contributed by atoms with E-state index in [0.717, 1.165) is 0 Å². The number of rotatable bonds is 6. The van der Waals surface area contributed by atoms with Crippen LogP contribution in [-0.4, -0.2) is 41.0 Å². The molecule has 1 aliphatic heterocycles. The van der Waals surface area contributed by atoms with Gasteiger partial charge in [-0.2, -0.15) is 0 Å². The standard InChI is InChI=1S/C27H23ClN2O6/c1-15(2)36-27(34)17-5-4-6-19(13-17)30-23(16-9-11-29-12-10-16)22(25(32)26(30)33)24(31)20-14-18(28)7-8-21(20)35-3/h4-15,23,31H,1-3H3/b24-22+. The van der Waals surface area contributed by atoms with E-state index in [1.807, 2.05) is 0 Å². The summed E-state index contributed by atoms with van der Waals surface area (Å²) in [6.07, 6.45) is 2.71. The SMILES string of the molecule is COc1ccc(Cl)cc1/C(O)=C1\C(=O)C(=O)N(c2cccc(C(=O)OC(C)C)c2)C1c1ccncc1. The Morgan fingerprint density at radius 2 is 1.81 bits per heavy atom. The van der Waals surface area contributed by atoms with Crippen molar-refractivity contribution in [3.63, 3.8) is 0 Å². The largest absolute Gasteiger partial charge is 0.507 e. The van der Waals surface area contributed by atoms with E-state index in [4.69, 9.17) is 21.1 Å². The third-order valence-electron chi connectivity index (χ3n) is 5.59. The van der Waals surface area contributed by atoms with Gasteiger partial charge in [-0.1, -0.05) is 17.7 Å². The lowest BCUT2D eigenvalue weighted by atomic mass is 9.95. The van der Waals surface area contributed by atoms with Crippen molar-refractivity contribution in [3.05, 3.63) is 94.3 Å². The summed E-state index contributed by atoms with van der Waals surface area (Å²) >= 11 is 6.15. The zero-order valence-electron chi connectivity index (χ0n) is 19.8. The molecule has 2 heterocycles. The minimum atomic E-state index is -1.01. The molecular weight excluding hydrogens is 484 g/mol. The summed E-state index contributed by atoms with van der Waals surface area (Å²) in [4.78, 5) is 44.5. The van der Waals surface area contributed by atoms with Gasteiger partial charge in [0.05, 0.1) is 36.0 Å². The molecule has 1 aliphatic rings. The molecule has 184 valence electrons. The number of Topliss-reactive ketones (excluding diaryl/α,β-unsaturated/α-hetero) is 1. The number of ether oxygens (including phenoxy) is 2. The van der Waals surface area contributed by atoms with Crippen LogP contribution in [0.1, 0.15) is 41.4 Å². The summed E-state index contributed by atoms with van der Waals surface area (Å²) in [5.41, 5.74) is 1.04. The molecule has 4 rings (SSSR count). The van der Waals surface area contributed by atoms with Gasteiger partial charge in [-0.15, -0.1) is 0 Å². The van der Waals surface area contributed by atoms with Crippen LogP contribution in [0.5, 0.6) is 5.75 Å². The molecule has 36 heavy (non-hydrogen) atoms. The van der Waals surface area contributed by atoms with Gasteiger partial charge in [0.15, 0.2) is 0 Å². The van der Waals surface area contributed by atoms with E-state index in [-0.39, 0.29) is 34.2 Å². The van der Waals surface area contributed by atoms with Crippen molar-refractivity contribution in [1.82, 2.24) is 4.98 Å². The highest BCUT2D eigenvalue weighted by atomic mass is 35.5. The van der Waals surface area contributed by atoms with Crippen LogP contribution in [-0.2, 0) is 14.3 Å². The molecule has 3 aromatic rings. The van der Waals surface area contributed by atoms with E-state index in [1.54, 1.807) is 56.3 Å². The monoisotopic (exact) mass is 506 g/mol. The molecule has 0 bridgehead atoms. The number of halogens is 1. The summed E-state index contributed by atoms with van der Waals surface area (Å²) in [6.45, 7) is 3.46.